The maximum Gasteiger partial charge on any atom is 0.0634 e. The molecule has 0 saturated heterocycles. The van der Waals surface area contributed by atoms with E-state index in [1.54, 1.807) is 0 Å². The van der Waals surface area contributed by atoms with E-state index in [1.807, 2.05) is 18.2 Å². The maximum absolute atomic E-state index is 10.3. The predicted octanol–water partition coefficient (Wildman–Crippen LogP) is 3.34. The average Bonchev–Trinajstić information content (AvgIpc) is 2.82. The summed E-state index contributed by atoms with van der Waals surface area (Å²) in [6.45, 7) is 2.14. The Bertz CT molecular complexity index is 287. The fourth-order valence-electron chi connectivity index (χ4n) is 2.66. The molecule has 1 aliphatic carbocycles. The topological polar surface area (TPSA) is 20.2 Å². The molecule has 2 atom stereocenters. The highest BCUT2D eigenvalue weighted by molar-refractivity contribution is 5.20. The molecule has 0 radical (unpaired) electrons. The van der Waals surface area contributed by atoms with Crippen molar-refractivity contribution < 1.29 is 5.11 Å². The van der Waals surface area contributed by atoms with E-state index in [1.165, 1.54) is 31.2 Å². The lowest BCUT2D eigenvalue weighted by Gasteiger charge is -2.24. The number of aliphatic hydroxyl groups is 1. The second-order valence-corrected chi connectivity index (χ2v) is 4.73. The van der Waals surface area contributed by atoms with Gasteiger partial charge >= 0.3 is 0 Å². The summed E-state index contributed by atoms with van der Waals surface area (Å²) >= 11 is 0. The summed E-state index contributed by atoms with van der Waals surface area (Å²) in [4.78, 5) is 0. The molecule has 1 saturated carbocycles. The lowest BCUT2D eigenvalue weighted by atomic mass is 9.86. The fourth-order valence-corrected chi connectivity index (χ4v) is 2.66. The molecule has 15 heavy (non-hydrogen) atoms. The van der Waals surface area contributed by atoms with Crippen LogP contribution in [0.4, 0.5) is 0 Å². The molecule has 2 rings (SSSR count). The third-order valence-electron chi connectivity index (χ3n) is 3.72. The van der Waals surface area contributed by atoms with Crippen molar-refractivity contribution in [1.82, 2.24) is 0 Å². The molecule has 1 aliphatic rings. The molecule has 0 heterocycles. The van der Waals surface area contributed by atoms with Crippen molar-refractivity contribution in [3.8, 4) is 0 Å². The molecule has 1 nitrogen and oxygen atoms in total. The van der Waals surface area contributed by atoms with Crippen molar-refractivity contribution in [2.75, 3.05) is 0 Å². The first-order valence-electron chi connectivity index (χ1n) is 6.02. The van der Waals surface area contributed by atoms with Crippen LogP contribution in [0, 0.1) is 5.92 Å². The van der Waals surface area contributed by atoms with Crippen LogP contribution in [0.25, 0.3) is 0 Å². The summed E-state index contributed by atoms with van der Waals surface area (Å²) in [5, 5.41) is 10.3. The van der Waals surface area contributed by atoms with Crippen LogP contribution in [0.2, 0.25) is 0 Å². The van der Waals surface area contributed by atoms with Crippen LogP contribution in [0.3, 0.4) is 0 Å². The molecule has 1 aromatic carbocycles. The summed E-state index contributed by atoms with van der Waals surface area (Å²) in [6.07, 6.45) is 4.85. The van der Waals surface area contributed by atoms with Gasteiger partial charge < -0.3 is 5.11 Å². The smallest absolute Gasteiger partial charge is 0.0634 e. The summed E-state index contributed by atoms with van der Waals surface area (Å²) in [6, 6.07) is 10.4. The van der Waals surface area contributed by atoms with Gasteiger partial charge in [0, 0.05) is 5.92 Å². The van der Waals surface area contributed by atoms with E-state index in [9.17, 15) is 5.11 Å². The first kappa shape index (κ1) is 10.7. The molecule has 82 valence electrons. The highest BCUT2D eigenvalue weighted by atomic mass is 16.3. The molecule has 1 aromatic rings. The first-order valence-corrected chi connectivity index (χ1v) is 6.02. The minimum atomic E-state index is -0.158. The van der Waals surface area contributed by atoms with Crippen LogP contribution in [0.5, 0.6) is 0 Å². The molecular weight excluding hydrogens is 184 g/mol. The van der Waals surface area contributed by atoms with E-state index < -0.39 is 0 Å². The van der Waals surface area contributed by atoms with E-state index in [-0.39, 0.29) is 12.0 Å². The molecular formula is C14H20O. The van der Waals surface area contributed by atoms with Crippen LogP contribution in [0.1, 0.15) is 44.1 Å². The van der Waals surface area contributed by atoms with Gasteiger partial charge in [-0.05, 0) is 24.3 Å². The molecule has 0 spiro atoms. The Morgan fingerprint density at radius 3 is 2.33 bits per heavy atom. The molecule has 2 unspecified atom stereocenters. The number of hydrogen-bond acceptors (Lipinski definition) is 1. The van der Waals surface area contributed by atoms with Crippen molar-refractivity contribution in [2.45, 2.75) is 44.6 Å². The zero-order valence-electron chi connectivity index (χ0n) is 9.39. The van der Waals surface area contributed by atoms with Gasteiger partial charge in [-0.2, -0.15) is 0 Å². The highest BCUT2D eigenvalue weighted by Crippen LogP contribution is 2.34. The van der Waals surface area contributed by atoms with Crippen molar-refractivity contribution in [3.63, 3.8) is 0 Å². The van der Waals surface area contributed by atoms with Crippen LogP contribution in [-0.4, -0.2) is 11.2 Å². The van der Waals surface area contributed by atoms with Crippen LogP contribution in [-0.2, 0) is 0 Å². The summed E-state index contributed by atoms with van der Waals surface area (Å²) in [5.41, 5.74) is 1.26. The molecule has 0 aliphatic heterocycles. The van der Waals surface area contributed by atoms with Crippen molar-refractivity contribution in [2.24, 2.45) is 5.92 Å². The van der Waals surface area contributed by atoms with Gasteiger partial charge in [-0.25, -0.2) is 0 Å². The van der Waals surface area contributed by atoms with Crippen molar-refractivity contribution in [1.29, 1.82) is 0 Å². The minimum Gasteiger partial charge on any atom is -0.392 e. The molecule has 0 bridgehead atoms. The van der Waals surface area contributed by atoms with Gasteiger partial charge in [0.25, 0.3) is 0 Å². The molecule has 1 heteroatoms. The van der Waals surface area contributed by atoms with E-state index >= 15 is 0 Å². The van der Waals surface area contributed by atoms with Crippen molar-refractivity contribution in [3.05, 3.63) is 35.9 Å². The van der Waals surface area contributed by atoms with Crippen LogP contribution < -0.4 is 0 Å². The van der Waals surface area contributed by atoms with Crippen LogP contribution >= 0.6 is 0 Å². The average molecular weight is 204 g/mol. The maximum atomic E-state index is 10.3. The van der Waals surface area contributed by atoms with E-state index in [4.69, 9.17) is 0 Å². The number of hydrogen-bond donors (Lipinski definition) is 1. The largest absolute Gasteiger partial charge is 0.392 e. The fraction of sp³-hybridized carbons (Fsp3) is 0.571. The standard InChI is InChI=1S/C14H20O/c1-11(12-7-3-2-4-8-12)14(15)13-9-5-6-10-13/h2-4,7-8,11,13-15H,5-6,9-10H2,1H3. The number of aliphatic hydroxyl groups excluding tert-OH is 1. The molecule has 0 amide bonds. The third kappa shape index (κ3) is 2.40. The Labute approximate surface area is 92.1 Å². The molecule has 1 fully saturated rings. The van der Waals surface area contributed by atoms with Gasteiger partial charge in [0.1, 0.15) is 0 Å². The third-order valence-corrected chi connectivity index (χ3v) is 3.72. The van der Waals surface area contributed by atoms with Gasteiger partial charge in [0.05, 0.1) is 6.10 Å². The van der Waals surface area contributed by atoms with Gasteiger partial charge in [-0.15, -0.1) is 0 Å². The number of benzene rings is 1. The Balaban J connectivity index is 2.03. The van der Waals surface area contributed by atoms with E-state index in [0.717, 1.165) is 0 Å². The predicted molar refractivity (Wildman–Crippen MR) is 62.8 cm³/mol. The quantitative estimate of drug-likeness (QED) is 0.800. The highest BCUT2D eigenvalue weighted by Gasteiger charge is 2.27. The van der Waals surface area contributed by atoms with Gasteiger partial charge in [-0.1, -0.05) is 50.1 Å². The van der Waals surface area contributed by atoms with E-state index in [0.29, 0.717) is 5.92 Å². The first-order chi connectivity index (χ1) is 7.29. The van der Waals surface area contributed by atoms with Gasteiger partial charge in [-0.3, -0.25) is 0 Å². The molecule has 1 N–H and O–H groups in total. The Hall–Kier alpha value is -0.820. The van der Waals surface area contributed by atoms with Crippen molar-refractivity contribution >= 4 is 0 Å². The lowest BCUT2D eigenvalue weighted by molar-refractivity contribution is 0.0883. The zero-order valence-corrected chi connectivity index (χ0v) is 9.39. The number of rotatable bonds is 3. The molecule has 0 aromatic heterocycles. The Kier molecular flexibility index (Phi) is 3.42. The second-order valence-electron chi connectivity index (χ2n) is 4.73. The van der Waals surface area contributed by atoms with Crippen LogP contribution in [0.15, 0.2) is 30.3 Å². The monoisotopic (exact) mass is 204 g/mol. The van der Waals surface area contributed by atoms with Gasteiger partial charge in [0.2, 0.25) is 0 Å². The Morgan fingerprint density at radius 2 is 1.73 bits per heavy atom. The Morgan fingerprint density at radius 1 is 1.13 bits per heavy atom. The van der Waals surface area contributed by atoms with E-state index in [2.05, 4.69) is 19.1 Å². The normalized spacial score (nSPS) is 21.5. The lowest BCUT2D eigenvalue weighted by Crippen LogP contribution is -2.24. The SMILES string of the molecule is CC(c1ccccc1)C(O)C1CCCC1. The summed E-state index contributed by atoms with van der Waals surface area (Å²) in [7, 11) is 0. The minimum absolute atomic E-state index is 0.158. The summed E-state index contributed by atoms with van der Waals surface area (Å²) < 4.78 is 0. The zero-order chi connectivity index (χ0) is 10.7. The second kappa shape index (κ2) is 4.80. The van der Waals surface area contributed by atoms with Gasteiger partial charge in [0.15, 0.2) is 0 Å². The summed E-state index contributed by atoms with van der Waals surface area (Å²) in [5.74, 6) is 0.800.